The first-order chi connectivity index (χ1) is 12.0. The summed E-state index contributed by atoms with van der Waals surface area (Å²) in [5, 5.41) is -0.619. The van der Waals surface area contributed by atoms with Gasteiger partial charge in [-0.2, -0.15) is 0 Å². The Morgan fingerprint density at radius 1 is 1.19 bits per heavy atom. The first kappa shape index (κ1) is 20.3. The number of hydrogen-bond acceptors (Lipinski definition) is 4. The smallest absolute Gasteiger partial charge is 0.330 e. The molecule has 0 N–H and O–H groups in total. The molecule has 142 valence electrons. The normalized spacial score (nSPS) is 20.9. The topological polar surface area (TPSA) is 52.6 Å². The molecule has 0 bridgehead atoms. The van der Waals surface area contributed by atoms with Crippen molar-refractivity contribution in [2.45, 2.75) is 27.4 Å². The number of hydrogen-bond donors (Lipinski definition) is 0. The van der Waals surface area contributed by atoms with E-state index in [-0.39, 0.29) is 5.92 Å². The van der Waals surface area contributed by atoms with E-state index >= 15 is 0 Å². The molecule has 1 saturated carbocycles. The number of esters is 2. The summed E-state index contributed by atoms with van der Waals surface area (Å²) in [7, 11) is 1.23. The molecule has 0 aliphatic heterocycles. The summed E-state index contributed by atoms with van der Waals surface area (Å²) in [6.07, 6.45) is 2.75. The molecule has 0 spiro atoms. The lowest BCUT2D eigenvalue weighted by molar-refractivity contribution is -0.147. The Balaban J connectivity index is 2.11. The molecule has 1 aromatic rings. The maximum atomic E-state index is 14.0. The molecule has 2 atom stereocenters. The summed E-state index contributed by atoms with van der Waals surface area (Å²) in [5.41, 5.74) is -1.58. The van der Waals surface area contributed by atoms with Crippen LogP contribution < -0.4 is 0 Å². The molecule has 0 amide bonds. The van der Waals surface area contributed by atoms with Gasteiger partial charge in [-0.25, -0.2) is 18.0 Å². The van der Waals surface area contributed by atoms with Gasteiger partial charge in [0.25, 0.3) is 0 Å². The van der Waals surface area contributed by atoms with Gasteiger partial charge in [-0.3, -0.25) is 4.79 Å². The summed E-state index contributed by atoms with van der Waals surface area (Å²) >= 11 is 5.70. The van der Waals surface area contributed by atoms with Crippen molar-refractivity contribution < 1.29 is 32.2 Å². The molecule has 8 heteroatoms. The SMILES string of the molecule is COC(=O)/C=C\[C@H]1[C@@H](C(=O)OCc2c(F)c(F)c(C)c(F)c2Cl)C1(C)C. The van der Waals surface area contributed by atoms with Crippen molar-refractivity contribution in [1.82, 2.24) is 0 Å². The Labute approximate surface area is 153 Å². The average molecular weight is 391 g/mol. The highest BCUT2D eigenvalue weighted by molar-refractivity contribution is 6.31. The van der Waals surface area contributed by atoms with E-state index in [1.54, 1.807) is 13.8 Å². The van der Waals surface area contributed by atoms with Crippen LogP contribution in [0.25, 0.3) is 0 Å². The van der Waals surface area contributed by atoms with Gasteiger partial charge in [-0.1, -0.05) is 31.5 Å². The van der Waals surface area contributed by atoms with E-state index in [4.69, 9.17) is 16.3 Å². The molecular formula is C18H18ClF3O4. The second-order valence-corrected chi connectivity index (χ2v) is 7.05. The lowest BCUT2D eigenvalue weighted by atomic mass is 10.1. The molecular weight excluding hydrogens is 373 g/mol. The number of rotatable bonds is 5. The van der Waals surface area contributed by atoms with Crippen molar-refractivity contribution in [2.75, 3.05) is 7.11 Å². The minimum atomic E-state index is -1.37. The maximum absolute atomic E-state index is 14.0. The summed E-state index contributed by atoms with van der Waals surface area (Å²) in [6.45, 7) is 3.95. The Morgan fingerprint density at radius 2 is 1.81 bits per heavy atom. The summed E-state index contributed by atoms with van der Waals surface area (Å²) < 4.78 is 50.9. The van der Waals surface area contributed by atoms with Crippen molar-refractivity contribution in [1.29, 1.82) is 0 Å². The van der Waals surface area contributed by atoms with Gasteiger partial charge in [-0.15, -0.1) is 0 Å². The molecule has 4 nitrogen and oxygen atoms in total. The summed E-state index contributed by atoms with van der Waals surface area (Å²) in [5.74, 6) is -5.90. The summed E-state index contributed by atoms with van der Waals surface area (Å²) in [4.78, 5) is 23.4. The van der Waals surface area contributed by atoms with Crippen molar-refractivity contribution in [3.05, 3.63) is 45.8 Å². The van der Waals surface area contributed by atoms with E-state index in [9.17, 15) is 22.8 Å². The predicted octanol–water partition coefficient (Wildman–Crippen LogP) is 4.11. The van der Waals surface area contributed by atoms with Crippen molar-refractivity contribution in [3.63, 3.8) is 0 Å². The van der Waals surface area contributed by atoms with Crippen LogP contribution in [0.5, 0.6) is 0 Å². The molecule has 0 unspecified atom stereocenters. The second kappa shape index (κ2) is 7.31. The van der Waals surface area contributed by atoms with E-state index in [1.807, 2.05) is 0 Å². The molecule has 1 aliphatic carbocycles. The first-order valence-electron chi connectivity index (χ1n) is 7.78. The third-order valence-corrected chi connectivity index (χ3v) is 5.13. The number of carbonyl (C=O) groups excluding carboxylic acids is 2. The molecule has 0 radical (unpaired) electrons. The number of benzene rings is 1. The van der Waals surface area contributed by atoms with Crippen LogP contribution in [0.2, 0.25) is 5.02 Å². The van der Waals surface area contributed by atoms with Crippen LogP contribution in [0.15, 0.2) is 12.2 Å². The summed E-state index contributed by atoms with van der Waals surface area (Å²) in [6, 6.07) is 0. The van der Waals surface area contributed by atoms with Gasteiger partial charge in [0.1, 0.15) is 12.4 Å². The fourth-order valence-electron chi connectivity index (χ4n) is 2.88. The van der Waals surface area contributed by atoms with Crippen LogP contribution in [0.1, 0.15) is 25.0 Å². The van der Waals surface area contributed by atoms with E-state index < -0.39 is 63.5 Å². The van der Waals surface area contributed by atoms with E-state index in [0.29, 0.717) is 0 Å². The third kappa shape index (κ3) is 3.58. The second-order valence-electron chi connectivity index (χ2n) is 6.67. The molecule has 0 heterocycles. The Hall–Kier alpha value is -2.02. The zero-order valence-electron chi connectivity index (χ0n) is 14.7. The number of methoxy groups -OCH3 is 1. The van der Waals surface area contributed by atoms with Gasteiger partial charge in [-0.05, 0) is 18.3 Å². The van der Waals surface area contributed by atoms with E-state index in [1.165, 1.54) is 19.3 Å². The zero-order valence-corrected chi connectivity index (χ0v) is 15.4. The minimum absolute atomic E-state index is 0.277. The Bertz CT molecular complexity index is 760. The molecule has 0 aromatic heterocycles. The van der Waals surface area contributed by atoms with Crippen LogP contribution in [-0.4, -0.2) is 19.0 Å². The number of carbonyl (C=O) groups is 2. The van der Waals surface area contributed by atoms with Crippen LogP contribution in [0, 0.1) is 41.6 Å². The number of halogens is 4. The van der Waals surface area contributed by atoms with Crippen LogP contribution in [-0.2, 0) is 25.7 Å². The van der Waals surface area contributed by atoms with Gasteiger partial charge in [0, 0.05) is 17.2 Å². The van der Waals surface area contributed by atoms with Crippen LogP contribution in [0.3, 0.4) is 0 Å². The van der Waals surface area contributed by atoms with Crippen molar-refractivity contribution >= 4 is 23.5 Å². The first-order valence-corrected chi connectivity index (χ1v) is 8.16. The minimum Gasteiger partial charge on any atom is -0.466 e. The van der Waals surface area contributed by atoms with Crippen molar-refractivity contribution in [3.8, 4) is 0 Å². The molecule has 1 aliphatic rings. The quantitative estimate of drug-likeness (QED) is 0.431. The Morgan fingerprint density at radius 3 is 2.38 bits per heavy atom. The lowest BCUT2D eigenvalue weighted by Gasteiger charge is -2.11. The molecule has 1 aromatic carbocycles. The fraction of sp³-hybridized carbons (Fsp3) is 0.444. The fourth-order valence-corrected chi connectivity index (χ4v) is 3.16. The van der Waals surface area contributed by atoms with Crippen LogP contribution >= 0.6 is 11.6 Å². The van der Waals surface area contributed by atoms with Crippen LogP contribution in [0.4, 0.5) is 13.2 Å². The van der Waals surface area contributed by atoms with Gasteiger partial charge in [0.2, 0.25) is 0 Å². The van der Waals surface area contributed by atoms with E-state index in [2.05, 4.69) is 4.74 Å². The highest BCUT2D eigenvalue weighted by Gasteiger charge is 2.61. The zero-order chi connectivity index (χ0) is 19.8. The average Bonchev–Trinajstić information content (AvgIpc) is 3.16. The highest BCUT2D eigenvalue weighted by Crippen LogP contribution is 2.59. The largest absolute Gasteiger partial charge is 0.466 e. The van der Waals surface area contributed by atoms with Gasteiger partial charge >= 0.3 is 11.9 Å². The maximum Gasteiger partial charge on any atom is 0.330 e. The molecule has 26 heavy (non-hydrogen) atoms. The lowest BCUT2D eigenvalue weighted by Crippen LogP contribution is -2.13. The molecule has 1 fully saturated rings. The monoisotopic (exact) mass is 390 g/mol. The predicted molar refractivity (Wildman–Crippen MR) is 87.8 cm³/mol. The number of ether oxygens (including phenoxy) is 2. The standard InChI is InChI=1S/C18H18ClF3O4/c1-8-14(20)13(19)9(16(22)15(8)21)7-26-17(24)12-10(18(12,2)3)5-6-11(23)25-4/h5-6,10,12H,7H2,1-4H3/b6-5-/t10-,12-/m0/s1. The highest BCUT2D eigenvalue weighted by atomic mass is 35.5. The number of allylic oxidation sites excluding steroid dienone is 1. The van der Waals surface area contributed by atoms with Gasteiger partial charge < -0.3 is 9.47 Å². The van der Waals surface area contributed by atoms with E-state index in [0.717, 1.165) is 6.92 Å². The third-order valence-electron chi connectivity index (χ3n) is 4.74. The molecule has 0 saturated heterocycles. The van der Waals surface area contributed by atoms with Gasteiger partial charge in [0.05, 0.1) is 18.1 Å². The molecule has 2 rings (SSSR count). The van der Waals surface area contributed by atoms with Crippen molar-refractivity contribution in [2.24, 2.45) is 17.3 Å². The Kier molecular flexibility index (Phi) is 5.70. The van der Waals surface area contributed by atoms with Gasteiger partial charge in [0.15, 0.2) is 11.6 Å².